The highest BCUT2D eigenvalue weighted by molar-refractivity contribution is 7.98. The lowest BCUT2D eigenvalue weighted by Crippen LogP contribution is -2.13. The van der Waals surface area contributed by atoms with Gasteiger partial charge in [-0.05, 0) is 35.9 Å². The molecule has 2 rings (SSSR count). The molecule has 104 valence electrons. The summed E-state index contributed by atoms with van der Waals surface area (Å²) in [7, 11) is 0. The zero-order valence-corrected chi connectivity index (χ0v) is 12.0. The number of benzene rings is 2. The van der Waals surface area contributed by atoms with E-state index >= 15 is 0 Å². The highest BCUT2D eigenvalue weighted by atomic mass is 32.2. The molecular formula is C15H16N2O2S. The number of rotatable bonds is 5. The lowest BCUT2D eigenvalue weighted by molar-refractivity contribution is -0.384. The fourth-order valence-electron chi connectivity index (χ4n) is 1.98. The Balaban J connectivity index is 2.06. The molecular weight excluding hydrogens is 272 g/mol. The topological polar surface area (TPSA) is 69.2 Å². The molecule has 0 aromatic heterocycles. The van der Waals surface area contributed by atoms with Crippen LogP contribution in [0.3, 0.4) is 0 Å². The highest BCUT2D eigenvalue weighted by Crippen LogP contribution is 2.21. The molecule has 0 heterocycles. The maximum Gasteiger partial charge on any atom is 0.269 e. The van der Waals surface area contributed by atoms with E-state index in [1.54, 1.807) is 23.9 Å². The molecule has 0 fully saturated rings. The Morgan fingerprint density at radius 1 is 1.15 bits per heavy atom. The van der Waals surface area contributed by atoms with Gasteiger partial charge in [-0.3, -0.25) is 10.1 Å². The van der Waals surface area contributed by atoms with Crippen molar-refractivity contribution in [3.05, 3.63) is 69.8 Å². The number of thioether (sulfide) groups is 1. The van der Waals surface area contributed by atoms with Gasteiger partial charge in [-0.2, -0.15) is 0 Å². The molecule has 1 unspecified atom stereocenters. The molecule has 4 nitrogen and oxygen atoms in total. The van der Waals surface area contributed by atoms with Gasteiger partial charge in [0, 0.05) is 23.1 Å². The third-order valence-electron chi connectivity index (χ3n) is 3.15. The van der Waals surface area contributed by atoms with Crippen molar-refractivity contribution in [2.24, 2.45) is 5.73 Å². The number of hydrogen-bond donors (Lipinski definition) is 1. The summed E-state index contributed by atoms with van der Waals surface area (Å²) in [5.74, 6) is 0. The van der Waals surface area contributed by atoms with Gasteiger partial charge in [0.15, 0.2) is 0 Å². The van der Waals surface area contributed by atoms with E-state index < -0.39 is 4.92 Å². The monoisotopic (exact) mass is 288 g/mol. The van der Waals surface area contributed by atoms with Gasteiger partial charge in [0.05, 0.1) is 4.92 Å². The van der Waals surface area contributed by atoms with Gasteiger partial charge in [-0.25, -0.2) is 0 Å². The van der Waals surface area contributed by atoms with Crippen LogP contribution in [0.25, 0.3) is 0 Å². The Kier molecular flexibility index (Phi) is 4.76. The zero-order chi connectivity index (χ0) is 14.5. The van der Waals surface area contributed by atoms with Crippen LogP contribution in [-0.4, -0.2) is 11.2 Å². The Hall–Kier alpha value is -1.85. The second-order valence-electron chi connectivity index (χ2n) is 4.51. The van der Waals surface area contributed by atoms with Crippen LogP contribution in [0, 0.1) is 10.1 Å². The molecule has 2 aromatic rings. The summed E-state index contributed by atoms with van der Waals surface area (Å²) in [4.78, 5) is 11.4. The van der Waals surface area contributed by atoms with Crippen molar-refractivity contribution in [3.63, 3.8) is 0 Å². The fourth-order valence-corrected chi connectivity index (χ4v) is 2.38. The summed E-state index contributed by atoms with van der Waals surface area (Å²) in [6, 6.07) is 14.6. The minimum absolute atomic E-state index is 0.103. The first-order chi connectivity index (χ1) is 9.60. The second kappa shape index (κ2) is 6.54. The molecule has 0 saturated carbocycles. The zero-order valence-electron chi connectivity index (χ0n) is 11.2. The molecule has 0 spiro atoms. The van der Waals surface area contributed by atoms with Crippen molar-refractivity contribution in [1.29, 1.82) is 0 Å². The first-order valence-electron chi connectivity index (χ1n) is 6.23. The van der Waals surface area contributed by atoms with Crippen LogP contribution in [0.2, 0.25) is 0 Å². The Bertz CT molecular complexity index is 582. The van der Waals surface area contributed by atoms with Gasteiger partial charge in [-0.15, -0.1) is 11.8 Å². The van der Waals surface area contributed by atoms with Crippen LogP contribution < -0.4 is 5.73 Å². The van der Waals surface area contributed by atoms with Crippen LogP contribution in [-0.2, 0) is 6.42 Å². The quantitative estimate of drug-likeness (QED) is 0.519. The fraction of sp³-hybridized carbons (Fsp3) is 0.200. The number of nitrogens with zero attached hydrogens (tertiary/aromatic N) is 1. The lowest BCUT2D eigenvalue weighted by atomic mass is 10.00. The Morgan fingerprint density at radius 3 is 2.25 bits per heavy atom. The molecule has 5 heteroatoms. The van der Waals surface area contributed by atoms with E-state index in [9.17, 15) is 10.1 Å². The third-order valence-corrected chi connectivity index (χ3v) is 3.89. The number of nitro groups is 1. The average molecular weight is 288 g/mol. The van der Waals surface area contributed by atoms with Crippen LogP contribution in [0.1, 0.15) is 17.2 Å². The smallest absolute Gasteiger partial charge is 0.269 e. The molecule has 1 atom stereocenters. The first kappa shape index (κ1) is 14.6. The summed E-state index contributed by atoms with van der Waals surface area (Å²) in [6.07, 6.45) is 2.70. The van der Waals surface area contributed by atoms with E-state index in [1.807, 2.05) is 18.4 Å². The van der Waals surface area contributed by atoms with Gasteiger partial charge in [0.25, 0.3) is 5.69 Å². The van der Waals surface area contributed by atoms with Crippen LogP contribution >= 0.6 is 11.8 Å². The molecule has 0 bridgehead atoms. The minimum Gasteiger partial charge on any atom is -0.324 e. The molecule has 0 amide bonds. The molecule has 0 saturated heterocycles. The normalized spacial score (nSPS) is 12.1. The molecule has 2 N–H and O–H groups in total. The summed E-state index contributed by atoms with van der Waals surface area (Å²) in [6.45, 7) is 0. The lowest BCUT2D eigenvalue weighted by Gasteiger charge is -2.12. The third kappa shape index (κ3) is 3.59. The maximum absolute atomic E-state index is 10.6. The first-order valence-corrected chi connectivity index (χ1v) is 7.45. The van der Waals surface area contributed by atoms with Gasteiger partial charge in [0.2, 0.25) is 0 Å². The number of nitro benzene ring substituents is 1. The molecule has 0 aliphatic carbocycles. The largest absolute Gasteiger partial charge is 0.324 e. The van der Waals surface area contributed by atoms with E-state index in [1.165, 1.54) is 17.0 Å². The van der Waals surface area contributed by atoms with E-state index in [0.717, 1.165) is 11.1 Å². The molecule has 0 aliphatic heterocycles. The van der Waals surface area contributed by atoms with Crippen molar-refractivity contribution < 1.29 is 4.92 Å². The van der Waals surface area contributed by atoms with E-state index in [-0.39, 0.29) is 11.7 Å². The van der Waals surface area contributed by atoms with Crippen molar-refractivity contribution in [1.82, 2.24) is 0 Å². The van der Waals surface area contributed by atoms with E-state index in [4.69, 9.17) is 5.73 Å². The molecule has 2 aromatic carbocycles. The number of non-ortho nitro benzene ring substituents is 1. The van der Waals surface area contributed by atoms with Gasteiger partial charge < -0.3 is 5.73 Å². The van der Waals surface area contributed by atoms with Crippen LogP contribution in [0.15, 0.2) is 53.4 Å². The van der Waals surface area contributed by atoms with Gasteiger partial charge >= 0.3 is 0 Å². The number of nitrogens with two attached hydrogens (primary N) is 1. The van der Waals surface area contributed by atoms with Crippen molar-refractivity contribution in [2.75, 3.05) is 6.26 Å². The Labute approximate surface area is 122 Å². The maximum atomic E-state index is 10.6. The predicted molar refractivity (Wildman–Crippen MR) is 82.0 cm³/mol. The number of hydrogen-bond acceptors (Lipinski definition) is 4. The predicted octanol–water partition coefficient (Wildman–Crippen LogP) is 3.56. The van der Waals surface area contributed by atoms with Crippen molar-refractivity contribution in [3.8, 4) is 0 Å². The Morgan fingerprint density at radius 2 is 1.75 bits per heavy atom. The summed E-state index contributed by atoms with van der Waals surface area (Å²) in [5.41, 5.74) is 8.35. The second-order valence-corrected chi connectivity index (χ2v) is 5.39. The van der Waals surface area contributed by atoms with Crippen LogP contribution in [0.5, 0.6) is 0 Å². The van der Waals surface area contributed by atoms with Crippen molar-refractivity contribution >= 4 is 17.4 Å². The standard InChI is InChI=1S/C15H16N2O2S/c1-20-14-8-4-12(5-9-14)15(16)10-11-2-6-13(7-3-11)17(18)19/h2-9,15H,10,16H2,1H3. The van der Waals surface area contributed by atoms with E-state index in [0.29, 0.717) is 6.42 Å². The van der Waals surface area contributed by atoms with E-state index in [2.05, 4.69) is 12.1 Å². The van der Waals surface area contributed by atoms with Gasteiger partial charge in [0.1, 0.15) is 0 Å². The summed E-state index contributed by atoms with van der Waals surface area (Å²) in [5, 5.41) is 10.6. The summed E-state index contributed by atoms with van der Waals surface area (Å²) < 4.78 is 0. The molecule has 0 radical (unpaired) electrons. The average Bonchev–Trinajstić information content (AvgIpc) is 2.48. The van der Waals surface area contributed by atoms with Crippen LogP contribution in [0.4, 0.5) is 5.69 Å². The molecule has 20 heavy (non-hydrogen) atoms. The minimum atomic E-state index is -0.398. The summed E-state index contributed by atoms with van der Waals surface area (Å²) >= 11 is 1.69. The SMILES string of the molecule is CSc1ccc(C(N)Cc2ccc([N+](=O)[O-])cc2)cc1. The highest BCUT2D eigenvalue weighted by Gasteiger charge is 2.09. The van der Waals surface area contributed by atoms with Crippen molar-refractivity contribution in [2.45, 2.75) is 17.4 Å². The van der Waals surface area contributed by atoms with Gasteiger partial charge in [-0.1, -0.05) is 24.3 Å². The molecule has 0 aliphatic rings.